The van der Waals surface area contributed by atoms with Gasteiger partial charge in [-0.25, -0.2) is 0 Å². The molecule has 0 unspecified atom stereocenters. The maximum atomic E-state index is 10.1. The molecule has 0 aliphatic carbocycles. The summed E-state index contributed by atoms with van der Waals surface area (Å²) in [5, 5.41) is 38.9. The van der Waals surface area contributed by atoms with Gasteiger partial charge in [0.1, 0.15) is 5.60 Å². The van der Waals surface area contributed by atoms with Crippen molar-refractivity contribution < 1.29 is 54.3 Å². The second-order valence-corrected chi connectivity index (χ2v) is 2.42. The van der Waals surface area contributed by atoms with Crippen LogP contribution in [0.25, 0.3) is 0 Å². The van der Waals surface area contributed by atoms with Gasteiger partial charge < -0.3 is 34.8 Å². The van der Waals surface area contributed by atoms with E-state index in [9.17, 15) is 29.7 Å². The Bertz CT molecular complexity index is 233. The Kier molecular flexibility index (Phi) is 6.26. The molecule has 0 bridgehead atoms. The third-order valence-corrected chi connectivity index (χ3v) is 1.25. The van der Waals surface area contributed by atoms with Crippen molar-refractivity contribution in [2.45, 2.75) is 18.4 Å². The number of carbonyl (C=O) groups is 3. The molecule has 73 valence electrons. The topological polar surface area (TPSA) is 141 Å². The van der Waals surface area contributed by atoms with Gasteiger partial charge in [0, 0.05) is 24.8 Å². The number of carbonyl (C=O) groups excluding carboxylic acids is 3. The molecule has 0 aliphatic heterocycles. The first-order chi connectivity index (χ1) is 5.78. The van der Waals surface area contributed by atoms with Crippen LogP contribution in [0.3, 0.4) is 0 Å². The van der Waals surface area contributed by atoms with Crippen molar-refractivity contribution in [2.75, 3.05) is 0 Å². The van der Waals surface area contributed by atoms with Crippen LogP contribution >= 0.6 is 0 Å². The van der Waals surface area contributed by atoms with Crippen molar-refractivity contribution in [3.05, 3.63) is 0 Å². The average Bonchev–Trinajstić information content (AvgIpc) is 1.82. The number of rotatable bonds is 5. The van der Waals surface area contributed by atoms with E-state index in [2.05, 4.69) is 0 Å². The zero-order valence-corrected chi connectivity index (χ0v) is 9.99. The van der Waals surface area contributed by atoms with Crippen molar-refractivity contribution in [1.82, 2.24) is 0 Å². The normalized spacial score (nSPS) is 10.1. The van der Waals surface area contributed by atoms with Gasteiger partial charge in [0.15, 0.2) is 0 Å². The predicted molar refractivity (Wildman–Crippen MR) is 29.2 cm³/mol. The van der Waals surface area contributed by atoms with E-state index in [-0.39, 0.29) is 19.5 Å². The van der Waals surface area contributed by atoms with Gasteiger partial charge in [-0.1, -0.05) is 0 Å². The number of aliphatic hydroxyl groups is 1. The molecule has 0 aromatic heterocycles. The maximum Gasteiger partial charge on any atom is 3.00 e. The van der Waals surface area contributed by atoms with Crippen LogP contribution in [0.2, 0.25) is 0 Å². The third kappa shape index (κ3) is 4.88. The molecule has 7 nitrogen and oxygen atoms in total. The Hall–Kier alpha value is -1.01. The smallest absolute Gasteiger partial charge is 0.550 e. The van der Waals surface area contributed by atoms with Gasteiger partial charge in [-0.3, -0.25) is 0 Å². The molecule has 0 aromatic carbocycles. The Balaban J connectivity index is 0. The van der Waals surface area contributed by atoms with Gasteiger partial charge in [-0.05, 0) is 0 Å². The molecular formula is C6H5O7Zn. The van der Waals surface area contributed by atoms with Crippen molar-refractivity contribution in [2.24, 2.45) is 0 Å². The molecule has 0 rings (SSSR count). The summed E-state index contributed by atoms with van der Waals surface area (Å²) in [4.78, 5) is 30.0. The molecule has 8 heteroatoms. The Morgan fingerprint density at radius 2 is 1.29 bits per heavy atom. The van der Waals surface area contributed by atoms with Crippen LogP contribution in [0, 0.1) is 0 Å². The monoisotopic (exact) mass is 253 g/mol. The van der Waals surface area contributed by atoms with Crippen LogP contribution in [0.4, 0.5) is 0 Å². The zero-order chi connectivity index (χ0) is 10.6. The summed E-state index contributed by atoms with van der Waals surface area (Å²) in [6.07, 6.45) is -2.72. The molecule has 0 spiro atoms. The fourth-order valence-corrected chi connectivity index (χ4v) is 0.684. The van der Waals surface area contributed by atoms with Crippen LogP contribution in [-0.4, -0.2) is 28.6 Å². The first-order valence-electron chi connectivity index (χ1n) is 3.11. The number of carboxylic acid groups (broad SMARTS) is 3. The summed E-state index contributed by atoms with van der Waals surface area (Å²) in [5.74, 6) is -5.98. The molecule has 0 aromatic rings. The van der Waals surface area contributed by atoms with Gasteiger partial charge >= 0.3 is 19.5 Å². The first-order valence-corrected chi connectivity index (χ1v) is 3.11. The fraction of sp³-hybridized carbons (Fsp3) is 0.500. The van der Waals surface area contributed by atoms with E-state index in [0.717, 1.165) is 0 Å². The van der Waals surface area contributed by atoms with E-state index in [1.165, 1.54) is 0 Å². The van der Waals surface area contributed by atoms with Crippen molar-refractivity contribution >= 4 is 17.9 Å². The summed E-state index contributed by atoms with van der Waals surface area (Å²) >= 11 is 0. The maximum absolute atomic E-state index is 10.1. The minimum Gasteiger partial charge on any atom is -0.550 e. The number of hydrogen-bond donors (Lipinski definition) is 1. The molecule has 0 heterocycles. The predicted octanol–water partition coefficient (Wildman–Crippen LogP) is -5.26. The first kappa shape index (κ1) is 15.5. The Morgan fingerprint density at radius 3 is 1.43 bits per heavy atom. The zero-order valence-electron chi connectivity index (χ0n) is 7.02. The number of carboxylic acids is 3. The van der Waals surface area contributed by atoms with Crippen LogP contribution in [0.5, 0.6) is 0 Å². The van der Waals surface area contributed by atoms with Crippen LogP contribution in [0.15, 0.2) is 0 Å². The Labute approximate surface area is 91.1 Å². The van der Waals surface area contributed by atoms with Crippen LogP contribution in [0.1, 0.15) is 12.8 Å². The third-order valence-electron chi connectivity index (χ3n) is 1.25. The molecule has 0 aliphatic rings. The fourth-order valence-electron chi connectivity index (χ4n) is 0.684. The second kappa shape index (κ2) is 5.67. The molecule has 0 saturated heterocycles. The minimum absolute atomic E-state index is 0. The van der Waals surface area contributed by atoms with Gasteiger partial charge in [-0.2, -0.15) is 0 Å². The number of aliphatic carboxylic acids is 3. The van der Waals surface area contributed by atoms with Crippen molar-refractivity contribution in [1.29, 1.82) is 0 Å². The van der Waals surface area contributed by atoms with E-state index in [1.807, 2.05) is 0 Å². The SMILES string of the molecule is O=C([O-])CC(O)(CC(=O)[O-])C(=O)[O-].[Zn+3]. The molecule has 0 saturated carbocycles. The summed E-state index contributed by atoms with van der Waals surface area (Å²) in [5.41, 5.74) is -2.97. The largest absolute Gasteiger partial charge is 3.00 e. The van der Waals surface area contributed by atoms with E-state index in [4.69, 9.17) is 5.11 Å². The summed E-state index contributed by atoms with van der Waals surface area (Å²) in [6.45, 7) is 0. The van der Waals surface area contributed by atoms with Gasteiger partial charge in [0.2, 0.25) is 0 Å². The van der Waals surface area contributed by atoms with Crippen LogP contribution in [-0.2, 0) is 33.9 Å². The molecular weight excluding hydrogens is 249 g/mol. The standard InChI is InChI=1S/C6H8O7.Zn/c7-3(8)1-6(13,5(11)12)2-4(9)10;/h13H,1-2H2,(H,7,8)(H,9,10)(H,11,12);/q;+3/p-3. The van der Waals surface area contributed by atoms with E-state index in [1.54, 1.807) is 0 Å². The van der Waals surface area contributed by atoms with Crippen LogP contribution < -0.4 is 15.3 Å². The molecule has 0 atom stereocenters. The van der Waals surface area contributed by atoms with Crippen molar-refractivity contribution in [3.63, 3.8) is 0 Å². The quantitative estimate of drug-likeness (QED) is 0.483. The number of hydrogen-bond acceptors (Lipinski definition) is 7. The second-order valence-electron chi connectivity index (χ2n) is 2.42. The van der Waals surface area contributed by atoms with Crippen molar-refractivity contribution in [3.8, 4) is 0 Å². The molecule has 0 radical (unpaired) electrons. The van der Waals surface area contributed by atoms with E-state index >= 15 is 0 Å². The van der Waals surface area contributed by atoms with Gasteiger partial charge in [0.05, 0.1) is 5.97 Å². The van der Waals surface area contributed by atoms with E-state index in [0.29, 0.717) is 0 Å². The van der Waals surface area contributed by atoms with E-state index < -0.39 is 36.4 Å². The molecule has 14 heavy (non-hydrogen) atoms. The Morgan fingerprint density at radius 1 is 1.00 bits per heavy atom. The summed E-state index contributed by atoms with van der Waals surface area (Å²) in [6, 6.07) is 0. The average molecular weight is 254 g/mol. The minimum atomic E-state index is -2.97. The summed E-state index contributed by atoms with van der Waals surface area (Å²) in [7, 11) is 0. The molecule has 0 fully saturated rings. The van der Waals surface area contributed by atoms with Gasteiger partial charge in [-0.15, -0.1) is 0 Å². The summed E-state index contributed by atoms with van der Waals surface area (Å²) < 4.78 is 0. The van der Waals surface area contributed by atoms with Gasteiger partial charge in [0.25, 0.3) is 0 Å². The molecule has 1 N–H and O–H groups in total. The molecule has 0 amide bonds.